The van der Waals surface area contributed by atoms with Crippen LogP contribution in [-0.2, 0) is 14.3 Å². The van der Waals surface area contributed by atoms with Gasteiger partial charge in [0.05, 0.1) is 0 Å². The van der Waals surface area contributed by atoms with Crippen LogP contribution in [0.15, 0.2) is 12.2 Å². The monoisotopic (exact) mass is 580 g/mol. The molecule has 2 N–H and O–H groups in total. The minimum absolute atomic E-state index is 0.110. The van der Waals surface area contributed by atoms with Gasteiger partial charge >= 0.3 is 5.97 Å². The van der Waals surface area contributed by atoms with Crippen molar-refractivity contribution in [2.24, 2.45) is 5.73 Å². The maximum atomic E-state index is 12.1. The summed E-state index contributed by atoms with van der Waals surface area (Å²) in [6.45, 7) is 5.96. The molecule has 0 spiro atoms. The molecule has 4 heteroatoms. The van der Waals surface area contributed by atoms with E-state index in [1.807, 2.05) is 0 Å². The molecule has 0 saturated heterocycles. The molecule has 1 unspecified atom stereocenters. The van der Waals surface area contributed by atoms with Crippen molar-refractivity contribution in [3.63, 3.8) is 0 Å². The summed E-state index contributed by atoms with van der Waals surface area (Å²) < 4.78 is 11.3. The Morgan fingerprint density at radius 3 is 1.39 bits per heavy atom. The lowest BCUT2D eigenvalue weighted by Gasteiger charge is -2.16. The SMILES string of the molecule is CCCCCCCCC=CCCCCCCCC(=O)OCC(CN)OCCCCCCCCCCCCCCCC. The number of carbonyl (C=O) groups excluding carboxylic acids is 1. The average Bonchev–Trinajstić information content (AvgIpc) is 2.98. The fourth-order valence-electron chi connectivity index (χ4n) is 5.33. The van der Waals surface area contributed by atoms with Gasteiger partial charge in [-0.1, -0.05) is 161 Å². The first-order valence-electron chi connectivity index (χ1n) is 18.4. The quantitative estimate of drug-likeness (QED) is 0.0468. The Bertz CT molecular complexity index is 536. The Balaban J connectivity index is 3.42. The fourth-order valence-corrected chi connectivity index (χ4v) is 5.33. The maximum Gasteiger partial charge on any atom is 0.305 e. The van der Waals surface area contributed by atoms with Crippen molar-refractivity contribution in [1.82, 2.24) is 0 Å². The smallest absolute Gasteiger partial charge is 0.305 e. The highest BCUT2D eigenvalue weighted by Gasteiger charge is 2.11. The van der Waals surface area contributed by atoms with Crippen LogP contribution in [0.1, 0.15) is 194 Å². The number of unbranched alkanes of at least 4 members (excludes halogenated alkanes) is 24. The zero-order valence-corrected chi connectivity index (χ0v) is 28.0. The molecule has 0 aliphatic rings. The predicted molar refractivity (Wildman–Crippen MR) is 180 cm³/mol. The second kappa shape index (κ2) is 35.3. The molecule has 0 aromatic heterocycles. The zero-order valence-electron chi connectivity index (χ0n) is 28.0. The van der Waals surface area contributed by atoms with Gasteiger partial charge in [0.15, 0.2) is 0 Å². The Labute approximate surface area is 257 Å². The molecule has 0 amide bonds. The molecule has 41 heavy (non-hydrogen) atoms. The summed E-state index contributed by atoms with van der Waals surface area (Å²) in [6.07, 6.45) is 40.4. The average molecular weight is 580 g/mol. The van der Waals surface area contributed by atoms with E-state index in [9.17, 15) is 4.79 Å². The molecule has 0 bridgehead atoms. The van der Waals surface area contributed by atoms with Gasteiger partial charge in [0.2, 0.25) is 0 Å². The number of esters is 1. The first-order valence-corrected chi connectivity index (χ1v) is 18.4. The van der Waals surface area contributed by atoms with E-state index in [0.29, 0.717) is 26.2 Å². The van der Waals surface area contributed by atoms with Crippen molar-refractivity contribution in [3.8, 4) is 0 Å². The third-order valence-corrected chi connectivity index (χ3v) is 8.19. The molecule has 1 atom stereocenters. The summed E-state index contributed by atoms with van der Waals surface area (Å²) >= 11 is 0. The van der Waals surface area contributed by atoms with Gasteiger partial charge in [0, 0.05) is 19.6 Å². The number of rotatable bonds is 34. The number of carbonyl (C=O) groups is 1. The van der Waals surface area contributed by atoms with Crippen LogP contribution in [-0.4, -0.2) is 31.8 Å². The van der Waals surface area contributed by atoms with Crippen LogP contribution in [0.25, 0.3) is 0 Å². The molecule has 0 saturated carbocycles. The van der Waals surface area contributed by atoms with Crippen molar-refractivity contribution < 1.29 is 14.3 Å². The Morgan fingerprint density at radius 2 is 0.951 bits per heavy atom. The van der Waals surface area contributed by atoms with E-state index in [1.165, 1.54) is 154 Å². The minimum atomic E-state index is -0.171. The molecule has 0 rings (SSSR count). The Morgan fingerprint density at radius 1 is 0.561 bits per heavy atom. The summed E-state index contributed by atoms with van der Waals surface area (Å²) in [4.78, 5) is 12.1. The highest BCUT2D eigenvalue weighted by Crippen LogP contribution is 2.14. The van der Waals surface area contributed by atoms with Gasteiger partial charge in [-0.2, -0.15) is 0 Å². The Kier molecular flexibility index (Phi) is 34.6. The molecule has 244 valence electrons. The Hall–Kier alpha value is -0.870. The number of ether oxygens (including phenoxy) is 2. The summed E-state index contributed by atoms with van der Waals surface area (Å²) in [7, 11) is 0. The number of hydrogen-bond donors (Lipinski definition) is 1. The standard InChI is InChI=1S/C37H73NO3/c1-3-5-7-9-11-13-15-17-19-20-22-24-26-28-30-32-37(39)41-35-36(34-38)40-33-31-29-27-25-23-21-18-16-14-12-10-8-6-4-2/h17,19,36H,3-16,18,20-35,38H2,1-2H3. The van der Waals surface area contributed by atoms with Gasteiger partial charge in [0.1, 0.15) is 12.7 Å². The third-order valence-electron chi connectivity index (χ3n) is 8.19. The maximum absolute atomic E-state index is 12.1. The molecule has 0 aromatic rings. The lowest BCUT2D eigenvalue weighted by molar-refractivity contribution is -0.147. The molecule has 4 nitrogen and oxygen atoms in total. The second-order valence-electron chi connectivity index (χ2n) is 12.3. The largest absolute Gasteiger partial charge is 0.463 e. The number of nitrogens with two attached hydrogens (primary N) is 1. The minimum Gasteiger partial charge on any atom is -0.463 e. The molecule has 0 heterocycles. The highest BCUT2D eigenvalue weighted by molar-refractivity contribution is 5.69. The molecule has 0 aliphatic heterocycles. The van der Waals surface area contributed by atoms with E-state index in [1.54, 1.807) is 0 Å². The first kappa shape index (κ1) is 40.1. The van der Waals surface area contributed by atoms with Crippen LogP contribution in [0.3, 0.4) is 0 Å². The van der Waals surface area contributed by atoms with Crippen LogP contribution >= 0.6 is 0 Å². The second-order valence-corrected chi connectivity index (χ2v) is 12.3. The van der Waals surface area contributed by atoms with E-state index in [-0.39, 0.29) is 12.1 Å². The van der Waals surface area contributed by atoms with E-state index in [2.05, 4.69) is 26.0 Å². The molecular weight excluding hydrogens is 506 g/mol. The van der Waals surface area contributed by atoms with Gasteiger partial charge < -0.3 is 15.2 Å². The normalized spacial score (nSPS) is 12.4. The fraction of sp³-hybridized carbons (Fsp3) is 0.919. The van der Waals surface area contributed by atoms with Gasteiger partial charge in [-0.05, 0) is 38.5 Å². The lowest BCUT2D eigenvalue weighted by Crippen LogP contribution is -2.30. The number of allylic oxidation sites excluding steroid dienone is 2. The van der Waals surface area contributed by atoms with Crippen LogP contribution in [0.2, 0.25) is 0 Å². The van der Waals surface area contributed by atoms with Crippen molar-refractivity contribution in [2.75, 3.05) is 19.8 Å². The lowest BCUT2D eigenvalue weighted by atomic mass is 10.0. The summed E-state index contributed by atoms with van der Waals surface area (Å²) in [5.41, 5.74) is 5.83. The van der Waals surface area contributed by atoms with E-state index in [0.717, 1.165) is 19.3 Å². The van der Waals surface area contributed by atoms with E-state index in [4.69, 9.17) is 15.2 Å². The number of hydrogen-bond acceptors (Lipinski definition) is 4. The first-order chi connectivity index (χ1) is 20.2. The van der Waals surface area contributed by atoms with Crippen molar-refractivity contribution in [2.45, 2.75) is 200 Å². The van der Waals surface area contributed by atoms with Crippen LogP contribution in [0.5, 0.6) is 0 Å². The summed E-state index contributed by atoms with van der Waals surface area (Å²) in [5.74, 6) is -0.110. The highest BCUT2D eigenvalue weighted by atomic mass is 16.6. The van der Waals surface area contributed by atoms with Crippen molar-refractivity contribution >= 4 is 5.97 Å². The topological polar surface area (TPSA) is 61.5 Å². The predicted octanol–water partition coefficient (Wildman–Crippen LogP) is 11.4. The molecule has 0 aromatic carbocycles. The van der Waals surface area contributed by atoms with Crippen molar-refractivity contribution in [1.29, 1.82) is 0 Å². The van der Waals surface area contributed by atoms with Crippen LogP contribution < -0.4 is 5.73 Å². The molecule has 0 fully saturated rings. The van der Waals surface area contributed by atoms with Crippen LogP contribution in [0, 0.1) is 0 Å². The molecular formula is C37H73NO3. The summed E-state index contributed by atoms with van der Waals surface area (Å²) in [5, 5.41) is 0. The van der Waals surface area contributed by atoms with Crippen LogP contribution in [0.4, 0.5) is 0 Å². The van der Waals surface area contributed by atoms with Gasteiger partial charge in [-0.25, -0.2) is 0 Å². The summed E-state index contributed by atoms with van der Waals surface area (Å²) in [6, 6.07) is 0. The van der Waals surface area contributed by atoms with Gasteiger partial charge in [0.25, 0.3) is 0 Å². The molecule has 0 aliphatic carbocycles. The van der Waals surface area contributed by atoms with E-state index < -0.39 is 0 Å². The molecule has 0 radical (unpaired) electrons. The van der Waals surface area contributed by atoms with Gasteiger partial charge in [-0.3, -0.25) is 4.79 Å². The van der Waals surface area contributed by atoms with Gasteiger partial charge in [-0.15, -0.1) is 0 Å². The zero-order chi connectivity index (χ0) is 29.9. The van der Waals surface area contributed by atoms with Crippen molar-refractivity contribution in [3.05, 3.63) is 12.2 Å². The van der Waals surface area contributed by atoms with E-state index >= 15 is 0 Å². The third kappa shape index (κ3) is 33.5.